The van der Waals surface area contributed by atoms with Crippen molar-refractivity contribution in [3.63, 3.8) is 0 Å². The molecule has 2 N–H and O–H groups in total. The quantitative estimate of drug-likeness (QED) is 0.420. The number of methoxy groups -OCH3 is 1. The van der Waals surface area contributed by atoms with Crippen LogP contribution < -0.4 is 15.0 Å². The van der Waals surface area contributed by atoms with Crippen molar-refractivity contribution in [2.75, 3.05) is 43.5 Å². The van der Waals surface area contributed by atoms with Crippen LogP contribution in [-0.2, 0) is 6.54 Å². The Labute approximate surface area is 198 Å². The van der Waals surface area contributed by atoms with Crippen LogP contribution in [0.4, 0.5) is 15.8 Å². The number of benzene rings is 3. The number of ether oxygens (including phenoxy) is 1. The summed E-state index contributed by atoms with van der Waals surface area (Å²) in [7, 11) is 1.63. The number of nitrogens with one attached hydrogen (secondary N) is 1. The van der Waals surface area contributed by atoms with E-state index in [4.69, 9.17) is 9.73 Å². The van der Waals surface area contributed by atoms with E-state index in [9.17, 15) is 14.3 Å². The zero-order chi connectivity index (χ0) is 23.9. The first-order valence-electron chi connectivity index (χ1n) is 11.0. The maximum Gasteiger partial charge on any atom is 0.335 e. The number of hydrogen-bond acceptors (Lipinski definition) is 4. The summed E-state index contributed by atoms with van der Waals surface area (Å²) in [5, 5.41) is 12.7. The maximum atomic E-state index is 13.3. The number of carboxylic acids is 1. The predicted octanol–water partition coefficient (Wildman–Crippen LogP) is 4.32. The Balaban J connectivity index is 1.52. The van der Waals surface area contributed by atoms with Crippen LogP contribution >= 0.6 is 0 Å². The monoisotopic (exact) mass is 462 g/mol. The van der Waals surface area contributed by atoms with Crippen LogP contribution in [0.1, 0.15) is 15.9 Å². The summed E-state index contributed by atoms with van der Waals surface area (Å²) in [6.45, 7) is 3.36. The zero-order valence-electron chi connectivity index (χ0n) is 18.9. The number of carboxylic acid groups (broad SMARTS) is 1. The van der Waals surface area contributed by atoms with E-state index in [2.05, 4.69) is 15.1 Å². The average molecular weight is 463 g/mol. The SMILES string of the molecule is COc1cccc(CN=C(Nc2cccc(C(=O)O)c2)N2CCN(c3ccc(F)cc3)CC2)c1. The van der Waals surface area contributed by atoms with E-state index >= 15 is 0 Å². The fraction of sp³-hybridized carbons (Fsp3) is 0.231. The summed E-state index contributed by atoms with van der Waals surface area (Å²) >= 11 is 0. The van der Waals surface area contributed by atoms with Crippen molar-refractivity contribution in [2.45, 2.75) is 6.54 Å². The molecule has 0 unspecified atom stereocenters. The number of carbonyl (C=O) groups is 1. The first kappa shape index (κ1) is 23.1. The molecule has 0 aliphatic carbocycles. The first-order valence-corrected chi connectivity index (χ1v) is 11.0. The number of guanidine groups is 1. The van der Waals surface area contributed by atoms with Crippen LogP contribution in [0, 0.1) is 5.82 Å². The highest BCUT2D eigenvalue weighted by Crippen LogP contribution is 2.19. The summed E-state index contributed by atoms with van der Waals surface area (Å²) in [5.41, 5.74) is 2.85. The molecule has 176 valence electrons. The lowest BCUT2D eigenvalue weighted by Crippen LogP contribution is -2.50. The Morgan fingerprint density at radius 2 is 1.76 bits per heavy atom. The molecular formula is C26H27FN4O3. The predicted molar refractivity (Wildman–Crippen MR) is 131 cm³/mol. The Morgan fingerprint density at radius 1 is 1.03 bits per heavy atom. The lowest BCUT2D eigenvalue weighted by atomic mass is 10.2. The van der Waals surface area contributed by atoms with Crippen molar-refractivity contribution >= 4 is 23.3 Å². The van der Waals surface area contributed by atoms with Gasteiger partial charge in [0.2, 0.25) is 0 Å². The minimum Gasteiger partial charge on any atom is -0.497 e. The second-order valence-electron chi connectivity index (χ2n) is 7.95. The van der Waals surface area contributed by atoms with Crippen molar-refractivity contribution in [2.24, 2.45) is 4.99 Å². The molecule has 7 nitrogen and oxygen atoms in total. The van der Waals surface area contributed by atoms with E-state index < -0.39 is 5.97 Å². The maximum absolute atomic E-state index is 13.3. The number of hydrogen-bond donors (Lipinski definition) is 2. The molecule has 0 aromatic heterocycles. The molecule has 0 radical (unpaired) electrons. The van der Waals surface area contributed by atoms with Gasteiger partial charge in [0.15, 0.2) is 5.96 Å². The van der Waals surface area contributed by atoms with Gasteiger partial charge in [-0.2, -0.15) is 0 Å². The molecule has 3 aromatic carbocycles. The molecule has 8 heteroatoms. The molecule has 1 aliphatic heterocycles. The smallest absolute Gasteiger partial charge is 0.335 e. The molecule has 1 fully saturated rings. The number of aliphatic imine (C=N–C) groups is 1. The zero-order valence-corrected chi connectivity index (χ0v) is 18.9. The summed E-state index contributed by atoms with van der Waals surface area (Å²) in [6, 6.07) is 20.9. The third-order valence-corrected chi connectivity index (χ3v) is 5.68. The number of aromatic carboxylic acids is 1. The minimum absolute atomic E-state index is 0.207. The first-order chi connectivity index (χ1) is 16.5. The minimum atomic E-state index is -0.980. The number of halogens is 1. The molecule has 1 aliphatic rings. The third kappa shape index (κ3) is 5.83. The molecule has 1 heterocycles. The standard InChI is InChI=1S/C26H27FN4O3/c1-34-24-7-2-4-19(16-24)18-28-26(29-22-6-3-5-20(17-22)25(32)33)31-14-12-30(13-15-31)23-10-8-21(27)9-11-23/h2-11,16-17H,12-15,18H2,1H3,(H,28,29)(H,32,33). The molecule has 34 heavy (non-hydrogen) atoms. The Kier molecular flexibility index (Phi) is 7.27. The van der Waals surface area contributed by atoms with Crippen LogP contribution in [-0.4, -0.2) is 55.2 Å². The van der Waals surface area contributed by atoms with Gasteiger partial charge in [-0.25, -0.2) is 14.2 Å². The second-order valence-corrected chi connectivity index (χ2v) is 7.95. The highest BCUT2D eigenvalue weighted by molar-refractivity contribution is 5.96. The van der Waals surface area contributed by atoms with E-state index in [1.54, 1.807) is 37.4 Å². The molecule has 1 saturated heterocycles. The van der Waals surface area contributed by atoms with Gasteiger partial charge >= 0.3 is 5.97 Å². The molecule has 4 rings (SSSR count). The number of anilines is 2. The number of piperazine rings is 1. The van der Waals surface area contributed by atoms with Crippen LogP contribution in [0.15, 0.2) is 77.8 Å². The Hall–Kier alpha value is -4.07. The largest absolute Gasteiger partial charge is 0.497 e. The fourth-order valence-electron chi connectivity index (χ4n) is 3.84. The van der Waals surface area contributed by atoms with Gasteiger partial charge in [0.1, 0.15) is 11.6 Å². The van der Waals surface area contributed by atoms with E-state index in [1.807, 2.05) is 30.3 Å². The fourth-order valence-corrected chi connectivity index (χ4v) is 3.84. The molecular weight excluding hydrogens is 435 g/mol. The van der Waals surface area contributed by atoms with Crippen LogP contribution in [0.5, 0.6) is 5.75 Å². The molecule has 0 bridgehead atoms. The van der Waals surface area contributed by atoms with Crippen molar-refractivity contribution in [1.82, 2.24) is 4.90 Å². The van der Waals surface area contributed by atoms with Gasteiger partial charge < -0.3 is 25.0 Å². The van der Waals surface area contributed by atoms with Gasteiger partial charge in [-0.1, -0.05) is 18.2 Å². The summed E-state index contributed by atoms with van der Waals surface area (Å²) in [6.07, 6.45) is 0. The van der Waals surface area contributed by atoms with Crippen molar-refractivity contribution in [3.05, 3.63) is 89.7 Å². The van der Waals surface area contributed by atoms with Gasteiger partial charge in [-0.05, 0) is 60.2 Å². The van der Waals surface area contributed by atoms with E-state index in [0.29, 0.717) is 31.3 Å². The van der Waals surface area contributed by atoms with Gasteiger partial charge in [0.05, 0.1) is 19.2 Å². The van der Waals surface area contributed by atoms with Gasteiger partial charge in [0.25, 0.3) is 0 Å². The third-order valence-electron chi connectivity index (χ3n) is 5.68. The van der Waals surface area contributed by atoms with E-state index in [-0.39, 0.29) is 11.4 Å². The van der Waals surface area contributed by atoms with Gasteiger partial charge in [-0.15, -0.1) is 0 Å². The summed E-state index contributed by atoms with van der Waals surface area (Å²) in [4.78, 5) is 20.6. The Bertz CT molecular complexity index is 1160. The summed E-state index contributed by atoms with van der Waals surface area (Å²) < 4.78 is 18.6. The van der Waals surface area contributed by atoms with Crippen LogP contribution in [0.2, 0.25) is 0 Å². The van der Waals surface area contributed by atoms with Gasteiger partial charge in [0, 0.05) is 37.6 Å². The highest BCUT2D eigenvalue weighted by Gasteiger charge is 2.21. The number of rotatable bonds is 6. The van der Waals surface area contributed by atoms with E-state index in [1.165, 1.54) is 12.1 Å². The molecule has 3 aromatic rings. The molecule has 0 atom stereocenters. The van der Waals surface area contributed by atoms with E-state index in [0.717, 1.165) is 30.1 Å². The summed E-state index contributed by atoms with van der Waals surface area (Å²) in [5.74, 6) is 0.210. The molecule has 0 spiro atoms. The average Bonchev–Trinajstić information content (AvgIpc) is 2.87. The molecule has 0 amide bonds. The Morgan fingerprint density at radius 3 is 2.47 bits per heavy atom. The van der Waals surface area contributed by atoms with Crippen molar-refractivity contribution < 1.29 is 19.0 Å². The normalized spacial score (nSPS) is 14.1. The lowest BCUT2D eigenvalue weighted by molar-refractivity contribution is 0.0697. The van der Waals surface area contributed by atoms with Crippen molar-refractivity contribution in [1.29, 1.82) is 0 Å². The highest BCUT2D eigenvalue weighted by atomic mass is 19.1. The van der Waals surface area contributed by atoms with Gasteiger partial charge in [-0.3, -0.25) is 0 Å². The van der Waals surface area contributed by atoms with Crippen molar-refractivity contribution in [3.8, 4) is 5.75 Å². The number of nitrogens with zero attached hydrogens (tertiary/aromatic N) is 3. The molecule has 0 saturated carbocycles. The topological polar surface area (TPSA) is 77.4 Å². The van der Waals surface area contributed by atoms with Crippen LogP contribution in [0.3, 0.4) is 0 Å². The second kappa shape index (κ2) is 10.7. The van der Waals surface area contributed by atoms with Crippen LogP contribution in [0.25, 0.3) is 0 Å². The lowest BCUT2D eigenvalue weighted by Gasteiger charge is -2.37.